The number of nitrogens with zero attached hydrogens (tertiary/aromatic N) is 2. The second-order valence-electron chi connectivity index (χ2n) is 3.01. The van der Waals surface area contributed by atoms with Gasteiger partial charge in [-0.2, -0.15) is 0 Å². The van der Waals surface area contributed by atoms with Gasteiger partial charge in [-0.25, -0.2) is 9.78 Å². The number of hydrogen-bond donors (Lipinski definition) is 1. The molecule has 2 aromatic rings. The van der Waals surface area contributed by atoms with Crippen LogP contribution in [0.15, 0.2) is 18.5 Å². The van der Waals surface area contributed by atoms with E-state index in [1.54, 1.807) is 12.3 Å². The van der Waals surface area contributed by atoms with Gasteiger partial charge < -0.3 is 5.11 Å². The van der Waals surface area contributed by atoms with Crippen molar-refractivity contribution in [2.24, 2.45) is 0 Å². The predicted octanol–water partition coefficient (Wildman–Crippen LogP) is 1.99. The molecule has 2 heterocycles. The van der Waals surface area contributed by atoms with Gasteiger partial charge in [0.2, 0.25) is 5.82 Å². The van der Waals surface area contributed by atoms with Crippen molar-refractivity contribution in [3.8, 4) is 0 Å². The zero-order valence-electron chi connectivity index (χ0n) is 7.36. The fourth-order valence-corrected chi connectivity index (χ4v) is 1.65. The molecule has 0 amide bonds. The molecule has 0 aliphatic heterocycles. The van der Waals surface area contributed by atoms with Crippen molar-refractivity contribution in [2.45, 2.75) is 6.92 Å². The summed E-state index contributed by atoms with van der Waals surface area (Å²) in [4.78, 5) is 14.5. The second kappa shape index (κ2) is 2.99. The SMILES string of the molecule is Cc1cc(Cl)c2cnc(C(=O)O)n2c1. The van der Waals surface area contributed by atoms with Crippen LogP contribution < -0.4 is 0 Å². The number of carboxylic acids is 1. The highest BCUT2D eigenvalue weighted by Gasteiger charge is 2.12. The Labute approximate surface area is 84.8 Å². The molecule has 2 rings (SSSR count). The molecule has 5 heteroatoms. The minimum Gasteiger partial charge on any atom is -0.475 e. The minimum absolute atomic E-state index is 0.0226. The van der Waals surface area contributed by atoms with Gasteiger partial charge in [-0.1, -0.05) is 11.6 Å². The maximum atomic E-state index is 10.8. The summed E-state index contributed by atoms with van der Waals surface area (Å²) < 4.78 is 1.47. The van der Waals surface area contributed by atoms with Crippen molar-refractivity contribution in [3.63, 3.8) is 0 Å². The van der Waals surface area contributed by atoms with Crippen molar-refractivity contribution < 1.29 is 9.90 Å². The van der Waals surface area contributed by atoms with E-state index in [-0.39, 0.29) is 5.82 Å². The van der Waals surface area contributed by atoms with Crippen molar-refractivity contribution >= 4 is 23.1 Å². The lowest BCUT2D eigenvalue weighted by Gasteiger charge is -2.00. The smallest absolute Gasteiger partial charge is 0.372 e. The molecular formula is C9H7ClN2O2. The summed E-state index contributed by atoms with van der Waals surface area (Å²) in [6, 6.07) is 1.77. The first-order valence-electron chi connectivity index (χ1n) is 3.96. The van der Waals surface area contributed by atoms with Crippen LogP contribution in [0, 0.1) is 6.92 Å². The van der Waals surface area contributed by atoms with Gasteiger partial charge >= 0.3 is 5.97 Å². The zero-order chi connectivity index (χ0) is 10.3. The average Bonchev–Trinajstić information content (AvgIpc) is 2.47. The molecule has 0 fully saturated rings. The second-order valence-corrected chi connectivity index (χ2v) is 3.41. The van der Waals surface area contributed by atoms with E-state index in [0.29, 0.717) is 10.5 Å². The van der Waals surface area contributed by atoms with E-state index in [0.717, 1.165) is 5.56 Å². The molecule has 0 radical (unpaired) electrons. The molecule has 4 nitrogen and oxygen atoms in total. The Hall–Kier alpha value is -1.55. The van der Waals surface area contributed by atoms with Crippen molar-refractivity contribution in [1.29, 1.82) is 0 Å². The van der Waals surface area contributed by atoms with E-state index >= 15 is 0 Å². The van der Waals surface area contributed by atoms with Crippen LogP contribution in [0.3, 0.4) is 0 Å². The molecule has 0 unspecified atom stereocenters. The van der Waals surface area contributed by atoms with Gasteiger partial charge in [0.15, 0.2) is 0 Å². The van der Waals surface area contributed by atoms with Gasteiger partial charge in [0.25, 0.3) is 0 Å². The maximum Gasteiger partial charge on any atom is 0.372 e. The number of pyridine rings is 1. The molecule has 0 atom stereocenters. The third kappa shape index (κ3) is 1.24. The molecule has 0 aliphatic rings. The van der Waals surface area contributed by atoms with E-state index in [9.17, 15) is 4.79 Å². The predicted molar refractivity (Wildman–Crippen MR) is 51.9 cm³/mol. The molecule has 1 N–H and O–H groups in total. The molecule has 0 aromatic carbocycles. The van der Waals surface area contributed by atoms with Crippen LogP contribution in [0.25, 0.3) is 5.52 Å². The molecule has 72 valence electrons. The highest BCUT2D eigenvalue weighted by molar-refractivity contribution is 6.33. The van der Waals surface area contributed by atoms with E-state index in [1.807, 2.05) is 6.92 Å². The van der Waals surface area contributed by atoms with Crippen LogP contribution in [0.1, 0.15) is 16.2 Å². The Morgan fingerprint density at radius 1 is 1.64 bits per heavy atom. The first kappa shape index (κ1) is 9.02. The summed E-state index contributed by atoms with van der Waals surface area (Å²) in [7, 11) is 0. The molecule has 0 spiro atoms. The van der Waals surface area contributed by atoms with E-state index in [4.69, 9.17) is 16.7 Å². The molecule has 0 bridgehead atoms. The van der Waals surface area contributed by atoms with Crippen LogP contribution in [0.5, 0.6) is 0 Å². The minimum atomic E-state index is -1.06. The van der Waals surface area contributed by atoms with Gasteiger partial charge in [-0.3, -0.25) is 4.40 Å². The van der Waals surface area contributed by atoms with Gasteiger partial charge in [-0.05, 0) is 18.6 Å². The number of hydrogen-bond acceptors (Lipinski definition) is 2. The third-order valence-electron chi connectivity index (χ3n) is 1.92. The van der Waals surface area contributed by atoms with Crippen LogP contribution in [0.4, 0.5) is 0 Å². The van der Waals surface area contributed by atoms with Crippen LogP contribution in [-0.4, -0.2) is 20.5 Å². The lowest BCUT2D eigenvalue weighted by molar-refractivity contribution is 0.0683. The van der Waals surface area contributed by atoms with Gasteiger partial charge in [0.1, 0.15) is 0 Å². The van der Waals surface area contributed by atoms with Crippen molar-refractivity contribution in [2.75, 3.05) is 0 Å². The van der Waals surface area contributed by atoms with Gasteiger partial charge in [-0.15, -0.1) is 0 Å². The zero-order valence-corrected chi connectivity index (χ0v) is 8.12. The summed E-state index contributed by atoms with van der Waals surface area (Å²) >= 11 is 5.93. The Morgan fingerprint density at radius 3 is 3.00 bits per heavy atom. The number of halogens is 1. The van der Waals surface area contributed by atoms with Crippen molar-refractivity contribution in [1.82, 2.24) is 9.38 Å². The number of aromatic nitrogens is 2. The summed E-state index contributed by atoms with van der Waals surface area (Å²) in [6.07, 6.45) is 3.14. The van der Waals surface area contributed by atoms with Gasteiger partial charge in [0.05, 0.1) is 16.7 Å². The Bertz CT molecular complexity index is 519. The number of carboxylic acid groups (broad SMARTS) is 1. The molecule has 14 heavy (non-hydrogen) atoms. The number of carbonyl (C=O) groups is 1. The van der Waals surface area contributed by atoms with Crippen LogP contribution >= 0.6 is 11.6 Å². The van der Waals surface area contributed by atoms with E-state index in [2.05, 4.69) is 4.98 Å². The Morgan fingerprint density at radius 2 is 2.36 bits per heavy atom. The fraction of sp³-hybridized carbons (Fsp3) is 0.111. The third-order valence-corrected chi connectivity index (χ3v) is 2.22. The number of rotatable bonds is 1. The maximum absolute atomic E-state index is 10.8. The number of aromatic carboxylic acids is 1. The van der Waals surface area contributed by atoms with Gasteiger partial charge in [0, 0.05) is 6.20 Å². The summed E-state index contributed by atoms with van der Waals surface area (Å²) in [5, 5.41) is 9.33. The highest BCUT2D eigenvalue weighted by atomic mass is 35.5. The first-order valence-corrected chi connectivity index (χ1v) is 4.34. The lowest BCUT2D eigenvalue weighted by Crippen LogP contribution is -2.03. The van der Waals surface area contributed by atoms with Crippen molar-refractivity contribution in [3.05, 3.63) is 34.9 Å². The highest BCUT2D eigenvalue weighted by Crippen LogP contribution is 2.19. The summed E-state index contributed by atoms with van der Waals surface area (Å²) in [5.41, 5.74) is 1.50. The molecule has 0 saturated carbocycles. The van der Waals surface area contributed by atoms with Crippen LogP contribution in [-0.2, 0) is 0 Å². The van der Waals surface area contributed by atoms with E-state index < -0.39 is 5.97 Å². The normalized spacial score (nSPS) is 10.7. The molecule has 0 aliphatic carbocycles. The van der Waals surface area contributed by atoms with Crippen LogP contribution in [0.2, 0.25) is 5.02 Å². The average molecular weight is 211 g/mol. The molecule has 2 aromatic heterocycles. The molecular weight excluding hydrogens is 204 g/mol. The first-order chi connectivity index (χ1) is 6.59. The largest absolute Gasteiger partial charge is 0.475 e. The number of fused-ring (bicyclic) bond motifs is 1. The quantitative estimate of drug-likeness (QED) is 0.783. The lowest BCUT2D eigenvalue weighted by atomic mass is 10.3. The standard InChI is InChI=1S/C9H7ClN2O2/c1-5-2-6(10)7-3-11-8(9(13)14)12(7)4-5/h2-4H,1H3,(H,13,14). The number of imidazole rings is 1. The number of aryl methyl sites for hydroxylation is 1. The summed E-state index contributed by atoms with van der Waals surface area (Å²) in [6.45, 7) is 1.84. The Kier molecular flexibility index (Phi) is 1.93. The topological polar surface area (TPSA) is 54.6 Å². The Balaban J connectivity index is 2.85. The summed E-state index contributed by atoms with van der Waals surface area (Å²) in [5.74, 6) is -1.09. The monoisotopic (exact) mass is 210 g/mol. The molecule has 0 saturated heterocycles. The fourth-order valence-electron chi connectivity index (χ4n) is 1.34. The van der Waals surface area contributed by atoms with E-state index in [1.165, 1.54) is 10.6 Å².